The second-order valence-corrected chi connectivity index (χ2v) is 5.32. The maximum atomic E-state index is 13.3. The van der Waals surface area contributed by atoms with Gasteiger partial charge < -0.3 is 10.1 Å². The van der Waals surface area contributed by atoms with Gasteiger partial charge >= 0.3 is 0 Å². The normalized spacial score (nSPS) is 10.4. The minimum absolute atomic E-state index is 0.202. The second kappa shape index (κ2) is 10.7. The highest BCUT2D eigenvalue weighted by molar-refractivity contribution is 5.86. The maximum Gasteiger partial charge on any atom is 0.220 e. The van der Waals surface area contributed by atoms with Gasteiger partial charge in [0, 0.05) is 6.42 Å². The molecule has 0 fully saturated rings. The van der Waals surface area contributed by atoms with E-state index < -0.39 is 29.8 Å². The fraction of sp³-hybridized carbons (Fsp3) is 0.529. The molecule has 0 spiro atoms. The Morgan fingerprint density at radius 1 is 1.09 bits per heavy atom. The third kappa shape index (κ3) is 7.72. The zero-order chi connectivity index (χ0) is 17.1. The molecule has 0 aliphatic heterocycles. The molecule has 6 heteroatoms. The number of para-hydroxylation sites is 1. The topological polar surface area (TPSA) is 55.4 Å². The molecule has 128 valence electrons. The van der Waals surface area contributed by atoms with Crippen molar-refractivity contribution in [2.45, 2.75) is 45.4 Å². The fourth-order valence-electron chi connectivity index (χ4n) is 2.00. The van der Waals surface area contributed by atoms with Gasteiger partial charge in [-0.15, -0.1) is 0 Å². The lowest BCUT2D eigenvalue weighted by Gasteiger charge is -2.08. The predicted molar refractivity (Wildman–Crippen MR) is 83.2 cm³/mol. The highest BCUT2D eigenvalue weighted by Gasteiger charge is 2.12. The Balaban J connectivity index is 2.20. The molecule has 0 atom stereocenters. The summed E-state index contributed by atoms with van der Waals surface area (Å²) >= 11 is 0. The summed E-state index contributed by atoms with van der Waals surface area (Å²) in [6.45, 7) is 1.42. The van der Waals surface area contributed by atoms with Gasteiger partial charge in [0.2, 0.25) is 5.91 Å². The van der Waals surface area contributed by atoms with Gasteiger partial charge in [-0.1, -0.05) is 38.7 Å². The predicted octanol–water partition coefficient (Wildman–Crippen LogP) is 3.39. The Labute approximate surface area is 135 Å². The number of hydrogen-bond donors (Lipinski definition) is 1. The summed E-state index contributed by atoms with van der Waals surface area (Å²) in [5.41, 5.74) is 0. The Hall–Kier alpha value is -1.98. The molecule has 0 radical (unpaired) electrons. The van der Waals surface area contributed by atoms with E-state index >= 15 is 0 Å². The molecule has 1 N–H and O–H groups in total. The summed E-state index contributed by atoms with van der Waals surface area (Å²) in [4.78, 5) is 23.1. The monoisotopic (exact) mass is 327 g/mol. The highest BCUT2D eigenvalue weighted by Crippen LogP contribution is 2.20. The molecule has 0 aliphatic carbocycles. The van der Waals surface area contributed by atoms with Crippen molar-refractivity contribution < 1.29 is 23.1 Å². The van der Waals surface area contributed by atoms with E-state index in [1.807, 2.05) is 0 Å². The van der Waals surface area contributed by atoms with Crippen molar-refractivity contribution in [2.24, 2.45) is 0 Å². The molecule has 1 aromatic rings. The first-order valence-corrected chi connectivity index (χ1v) is 7.89. The molecule has 0 heterocycles. The zero-order valence-electron chi connectivity index (χ0n) is 13.4. The average molecular weight is 327 g/mol. The Morgan fingerprint density at radius 3 is 2.39 bits per heavy atom. The van der Waals surface area contributed by atoms with Crippen LogP contribution in [0, 0.1) is 11.6 Å². The average Bonchev–Trinajstić information content (AvgIpc) is 2.52. The molecular weight excluding hydrogens is 304 g/mol. The summed E-state index contributed by atoms with van der Waals surface area (Å²) in [5, 5.41) is 2.48. The molecule has 0 saturated heterocycles. The minimum Gasteiger partial charge on any atom is -0.480 e. The SMILES string of the molecule is CCCCCCCC(=O)NCC(=O)COc1c(F)cccc1F. The van der Waals surface area contributed by atoms with Crippen molar-refractivity contribution in [3.63, 3.8) is 0 Å². The quantitative estimate of drug-likeness (QED) is 0.634. The number of nitrogens with one attached hydrogen (secondary N) is 1. The Kier molecular flexibility index (Phi) is 8.87. The first kappa shape index (κ1) is 19.1. The van der Waals surface area contributed by atoms with E-state index in [1.165, 1.54) is 6.07 Å². The second-order valence-electron chi connectivity index (χ2n) is 5.32. The standard InChI is InChI=1S/C17H23F2NO3/c1-2-3-4-5-6-10-16(22)20-11-13(21)12-23-17-14(18)8-7-9-15(17)19/h7-9H,2-6,10-12H2,1H3,(H,20,22). The summed E-state index contributed by atoms with van der Waals surface area (Å²) < 4.78 is 31.4. The van der Waals surface area contributed by atoms with Gasteiger partial charge in [-0.2, -0.15) is 0 Å². The van der Waals surface area contributed by atoms with Gasteiger partial charge in [-0.3, -0.25) is 9.59 Å². The van der Waals surface area contributed by atoms with Gasteiger partial charge in [0.05, 0.1) is 6.54 Å². The van der Waals surface area contributed by atoms with Crippen LogP contribution in [0.1, 0.15) is 45.4 Å². The maximum absolute atomic E-state index is 13.3. The fourth-order valence-corrected chi connectivity index (χ4v) is 2.00. The summed E-state index contributed by atoms with van der Waals surface area (Å²) in [6, 6.07) is 3.30. The number of ether oxygens (including phenoxy) is 1. The van der Waals surface area contributed by atoms with Crippen LogP contribution in [0.25, 0.3) is 0 Å². The van der Waals surface area contributed by atoms with Crippen LogP contribution in [0.15, 0.2) is 18.2 Å². The number of carbonyl (C=O) groups is 2. The highest BCUT2D eigenvalue weighted by atomic mass is 19.1. The van der Waals surface area contributed by atoms with Crippen molar-refractivity contribution in [3.8, 4) is 5.75 Å². The van der Waals surface area contributed by atoms with Crippen LogP contribution in [-0.2, 0) is 9.59 Å². The molecule has 0 aromatic heterocycles. The number of Topliss-reactive ketones (excluding diaryl/α,β-unsaturated/α-hetero) is 1. The number of ketones is 1. The van der Waals surface area contributed by atoms with Crippen molar-refractivity contribution in [1.82, 2.24) is 5.32 Å². The molecule has 1 aromatic carbocycles. The van der Waals surface area contributed by atoms with Crippen molar-refractivity contribution in [2.75, 3.05) is 13.2 Å². The lowest BCUT2D eigenvalue weighted by Crippen LogP contribution is -2.32. The Morgan fingerprint density at radius 2 is 1.74 bits per heavy atom. The van der Waals surface area contributed by atoms with Gasteiger partial charge in [0.1, 0.15) is 6.61 Å². The summed E-state index contributed by atoms with van der Waals surface area (Å²) in [5.74, 6) is -2.97. The van der Waals surface area contributed by atoms with Crippen molar-refractivity contribution >= 4 is 11.7 Å². The van der Waals surface area contributed by atoms with Crippen LogP contribution >= 0.6 is 0 Å². The Bertz CT molecular complexity index is 500. The molecule has 23 heavy (non-hydrogen) atoms. The molecule has 0 aliphatic rings. The third-order valence-corrected chi connectivity index (χ3v) is 3.29. The summed E-state index contributed by atoms with van der Waals surface area (Å²) in [6.07, 6.45) is 5.56. The lowest BCUT2D eigenvalue weighted by molar-refractivity contribution is -0.126. The molecule has 1 amide bonds. The van der Waals surface area contributed by atoms with E-state index in [0.717, 1.165) is 44.2 Å². The van der Waals surface area contributed by atoms with Gasteiger partial charge in [-0.05, 0) is 18.6 Å². The molecule has 0 unspecified atom stereocenters. The molecular formula is C17H23F2NO3. The largest absolute Gasteiger partial charge is 0.480 e. The molecule has 1 rings (SSSR count). The van der Waals surface area contributed by atoms with E-state index in [9.17, 15) is 18.4 Å². The number of carbonyl (C=O) groups excluding carboxylic acids is 2. The minimum atomic E-state index is -0.867. The number of rotatable bonds is 11. The van der Waals surface area contributed by atoms with Gasteiger partial charge in [0.15, 0.2) is 23.2 Å². The first-order chi connectivity index (χ1) is 11.0. The van der Waals surface area contributed by atoms with E-state index in [-0.39, 0.29) is 12.5 Å². The molecule has 4 nitrogen and oxygen atoms in total. The smallest absolute Gasteiger partial charge is 0.220 e. The van der Waals surface area contributed by atoms with E-state index in [1.54, 1.807) is 0 Å². The third-order valence-electron chi connectivity index (χ3n) is 3.29. The van der Waals surface area contributed by atoms with Crippen LogP contribution in [0.5, 0.6) is 5.75 Å². The van der Waals surface area contributed by atoms with Crippen LogP contribution in [0.2, 0.25) is 0 Å². The first-order valence-electron chi connectivity index (χ1n) is 7.89. The molecule has 0 saturated carbocycles. The lowest BCUT2D eigenvalue weighted by atomic mass is 10.1. The number of hydrogen-bond acceptors (Lipinski definition) is 3. The van der Waals surface area contributed by atoms with Crippen LogP contribution in [0.4, 0.5) is 8.78 Å². The molecule has 0 bridgehead atoms. The van der Waals surface area contributed by atoms with E-state index in [2.05, 4.69) is 12.2 Å². The van der Waals surface area contributed by atoms with E-state index in [0.29, 0.717) is 6.42 Å². The van der Waals surface area contributed by atoms with E-state index in [4.69, 9.17) is 4.74 Å². The van der Waals surface area contributed by atoms with Gasteiger partial charge in [-0.25, -0.2) is 8.78 Å². The van der Waals surface area contributed by atoms with Gasteiger partial charge in [0.25, 0.3) is 0 Å². The van der Waals surface area contributed by atoms with Crippen LogP contribution < -0.4 is 10.1 Å². The number of benzene rings is 1. The van der Waals surface area contributed by atoms with Crippen LogP contribution in [0.3, 0.4) is 0 Å². The summed E-state index contributed by atoms with van der Waals surface area (Å²) in [7, 11) is 0. The number of halogens is 2. The van der Waals surface area contributed by atoms with Crippen molar-refractivity contribution in [3.05, 3.63) is 29.8 Å². The number of amides is 1. The van der Waals surface area contributed by atoms with Crippen molar-refractivity contribution in [1.29, 1.82) is 0 Å². The zero-order valence-corrected chi connectivity index (χ0v) is 13.4. The van der Waals surface area contributed by atoms with Crippen LogP contribution in [-0.4, -0.2) is 24.8 Å². The number of unbranched alkanes of at least 4 members (excludes halogenated alkanes) is 4.